The van der Waals surface area contributed by atoms with Crippen LogP contribution in [0.2, 0.25) is 0 Å². The van der Waals surface area contributed by atoms with Crippen LogP contribution in [-0.2, 0) is 14.3 Å². The molecule has 180 valence electrons. The van der Waals surface area contributed by atoms with Crippen molar-refractivity contribution in [1.29, 1.82) is 0 Å². The van der Waals surface area contributed by atoms with Gasteiger partial charge in [0.1, 0.15) is 17.4 Å². The summed E-state index contributed by atoms with van der Waals surface area (Å²) in [6, 6.07) is 11.5. The van der Waals surface area contributed by atoms with Crippen LogP contribution in [0.1, 0.15) is 27.5 Å². The lowest BCUT2D eigenvalue weighted by Gasteiger charge is -2.32. The second-order valence-corrected chi connectivity index (χ2v) is 8.58. The van der Waals surface area contributed by atoms with Crippen molar-refractivity contribution >= 4 is 17.5 Å². The maximum absolute atomic E-state index is 13.6. The van der Waals surface area contributed by atoms with Gasteiger partial charge in [-0.25, -0.2) is 0 Å². The molecule has 2 aromatic carbocycles. The van der Waals surface area contributed by atoms with Crippen molar-refractivity contribution in [3.8, 4) is 11.5 Å². The average Bonchev–Trinajstić information content (AvgIpc) is 3.12. The Hall–Kier alpha value is -3.23. The van der Waals surface area contributed by atoms with Gasteiger partial charge in [0.25, 0.3) is 5.91 Å². The first-order valence-corrected chi connectivity index (χ1v) is 11.4. The van der Waals surface area contributed by atoms with E-state index in [1.54, 1.807) is 37.4 Å². The van der Waals surface area contributed by atoms with Gasteiger partial charge in [-0.3, -0.25) is 19.3 Å². The Morgan fingerprint density at radius 2 is 1.71 bits per heavy atom. The summed E-state index contributed by atoms with van der Waals surface area (Å²) in [4.78, 5) is 43.7. The number of Topliss-reactive ketones (excluding diaryl/α,β-unsaturated/α-hetero) is 2. The van der Waals surface area contributed by atoms with Crippen molar-refractivity contribution in [3.05, 3.63) is 59.2 Å². The molecule has 8 heteroatoms. The zero-order chi connectivity index (χ0) is 24.2. The van der Waals surface area contributed by atoms with Gasteiger partial charge in [-0.1, -0.05) is 29.8 Å². The number of ether oxygens (including phenoxy) is 3. The molecule has 2 atom stereocenters. The summed E-state index contributed by atoms with van der Waals surface area (Å²) in [5.74, 6) is -1.79. The molecule has 34 heavy (non-hydrogen) atoms. The summed E-state index contributed by atoms with van der Waals surface area (Å²) in [7, 11) is 3.07. The predicted octanol–water partition coefficient (Wildman–Crippen LogP) is 2.30. The molecule has 4 rings (SSSR count). The Morgan fingerprint density at radius 1 is 1.00 bits per heavy atom. The average molecular weight is 467 g/mol. The number of morpholine rings is 1. The van der Waals surface area contributed by atoms with Gasteiger partial charge >= 0.3 is 0 Å². The number of carbonyl (C=O) groups is 3. The van der Waals surface area contributed by atoms with Crippen molar-refractivity contribution in [1.82, 2.24) is 9.80 Å². The van der Waals surface area contributed by atoms with Crippen LogP contribution in [0.3, 0.4) is 0 Å². The van der Waals surface area contributed by atoms with Crippen molar-refractivity contribution in [2.75, 3.05) is 53.6 Å². The van der Waals surface area contributed by atoms with Gasteiger partial charge in [0.15, 0.2) is 5.78 Å². The lowest BCUT2D eigenvalue weighted by molar-refractivity contribution is -0.141. The van der Waals surface area contributed by atoms with Crippen molar-refractivity contribution < 1.29 is 28.6 Å². The number of carbonyl (C=O) groups excluding carboxylic acids is 3. The van der Waals surface area contributed by atoms with E-state index in [4.69, 9.17) is 14.2 Å². The van der Waals surface area contributed by atoms with Gasteiger partial charge in [-0.05, 0) is 19.1 Å². The standard InChI is InChI=1S/C26H30N2O6/c1-17-4-6-18(7-5-17)24(29)22-23(20-9-8-19(32-2)16-21(20)33-3)28(26(31)25(22)30)11-10-27-12-14-34-15-13-27/h4-9,16,22-23H,10-15H2,1-3H3. The maximum Gasteiger partial charge on any atom is 0.291 e. The van der Waals surface area contributed by atoms with Gasteiger partial charge in [-0.15, -0.1) is 0 Å². The summed E-state index contributed by atoms with van der Waals surface area (Å²) in [5, 5.41) is 0. The molecule has 2 heterocycles. The number of likely N-dealkylation sites (tertiary alicyclic amines) is 1. The second-order valence-electron chi connectivity index (χ2n) is 8.58. The molecule has 0 bridgehead atoms. The minimum Gasteiger partial charge on any atom is -0.497 e. The normalized spacial score (nSPS) is 21.1. The summed E-state index contributed by atoms with van der Waals surface area (Å²) >= 11 is 0. The van der Waals surface area contributed by atoms with Crippen LogP contribution in [-0.4, -0.2) is 80.9 Å². The number of aryl methyl sites for hydroxylation is 1. The first-order chi connectivity index (χ1) is 16.4. The van der Waals surface area contributed by atoms with E-state index in [1.807, 2.05) is 19.1 Å². The van der Waals surface area contributed by atoms with Crippen LogP contribution in [0.15, 0.2) is 42.5 Å². The molecule has 1 amide bonds. The summed E-state index contributed by atoms with van der Waals surface area (Å²) in [6.07, 6.45) is 0. The molecule has 2 unspecified atom stereocenters. The van der Waals surface area contributed by atoms with Gasteiger partial charge in [-0.2, -0.15) is 0 Å². The highest BCUT2D eigenvalue weighted by atomic mass is 16.5. The Labute approximate surface area is 199 Å². The van der Waals surface area contributed by atoms with Crippen LogP contribution in [0, 0.1) is 12.8 Å². The lowest BCUT2D eigenvalue weighted by atomic mass is 9.85. The Bertz CT molecular complexity index is 1060. The number of hydrogen-bond acceptors (Lipinski definition) is 7. The first kappa shape index (κ1) is 23.9. The Kier molecular flexibility index (Phi) is 7.29. The minimum atomic E-state index is -1.15. The molecule has 0 aliphatic carbocycles. The lowest BCUT2D eigenvalue weighted by Crippen LogP contribution is -2.43. The second kappa shape index (κ2) is 10.4. The topological polar surface area (TPSA) is 85.4 Å². The van der Waals surface area contributed by atoms with Gasteiger partial charge in [0.05, 0.1) is 33.5 Å². The highest BCUT2D eigenvalue weighted by Gasteiger charge is 2.52. The smallest absolute Gasteiger partial charge is 0.291 e. The molecule has 2 fully saturated rings. The molecular formula is C26H30N2O6. The van der Waals surface area contributed by atoms with Crippen molar-refractivity contribution in [3.63, 3.8) is 0 Å². The maximum atomic E-state index is 13.6. The molecule has 0 saturated carbocycles. The van der Waals surface area contributed by atoms with Crippen LogP contribution in [0.4, 0.5) is 0 Å². The number of nitrogens with zero attached hydrogens (tertiary/aromatic N) is 2. The third kappa shape index (κ3) is 4.69. The van der Waals surface area contributed by atoms with E-state index < -0.39 is 23.7 Å². The molecule has 0 aromatic heterocycles. The number of rotatable bonds is 8. The van der Waals surface area contributed by atoms with Crippen LogP contribution in [0.25, 0.3) is 0 Å². The third-order valence-electron chi connectivity index (χ3n) is 6.54. The monoisotopic (exact) mass is 466 g/mol. The fourth-order valence-electron chi connectivity index (χ4n) is 4.61. The minimum absolute atomic E-state index is 0.322. The molecule has 2 aliphatic rings. The Balaban J connectivity index is 1.73. The zero-order valence-corrected chi connectivity index (χ0v) is 19.8. The van der Waals surface area contributed by atoms with E-state index in [0.717, 1.165) is 18.7 Å². The molecule has 8 nitrogen and oxygen atoms in total. The molecule has 2 aliphatic heterocycles. The number of benzene rings is 2. The first-order valence-electron chi connectivity index (χ1n) is 11.4. The molecule has 2 aromatic rings. The summed E-state index contributed by atoms with van der Waals surface area (Å²) in [5.41, 5.74) is 2.02. The van der Waals surface area contributed by atoms with E-state index >= 15 is 0 Å². The number of methoxy groups -OCH3 is 2. The van der Waals surface area contributed by atoms with Crippen molar-refractivity contribution in [2.45, 2.75) is 13.0 Å². The summed E-state index contributed by atoms with van der Waals surface area (Å²) in [6.45, 7) is 5.63. The van der Waals surface area contributed by atoms with E-state index in [9.17, 15) is 14.4 Å². The fraction of sp³-hybridized carbons (Fsp3) is 0.423. The largest absolute Gasteiger partial charge is 0.497 e. The number of ketones is 2. The molecule has 2 saturated heterocycles. The molecule has 0 N–H and O–H groups in total. The van der Waals surface area contributed by atoms with Gasteiger partial charge < -0.3 is 19.1 Å². The SMILES string of the molecule is COc1ccc(C2C(C(=O)c3ccc(C)cc3)C(=O)C(=O)N2CCN2CCOCC2)c(OC)c1. The molecular weight excluding hydrogens is 436 g/mol. The fourth-order valence-corrected chi connectivity index (χ4v) is 4.61. The predicted molar refractivity (Wildman–Crippen MR) is 125 cm³/mol. The van der Waals surface area contributed by atoms with E-state index in [0.29, 0.717) is 48.9 Å². The molecule has 0 spiro atoms. The number of amides is 1. The van der Waals surface area contributed by atoms with Crippen molar-refractivity contribution in [2.24, 2.45) is 5.92 Å². The highest BCUT2D eigenvalue weighted by molar-refractivity contribution is 6.44. The van der Waals surface area contributed by atoms with E-state index in [2.05, 4.69) is 4.90 Å². The Morgan fingerprint density at radius 3 is 2.35 bits per heavy atom. The molecule has 0 radical (unpaired) electrons. The van der Waals surface area contributed by atoms with E-state index in [-0.39, 0.29) is 5.78 Å². The number of hydrogen-bond donors (Lipinski definition) is 0. The summed E-state index contributed by atoms with van der Waals surface area (Å²) < 4.78 is 16.3. The van der Waals surface area contributed by atoms with Crippen LogP contribution < -0.4 is 9.47 Å². The van der Waals surface area contributed by atoms with Gasteiger partial charge in [0, 0.05) is 43.4 Å². The third-order valence-corrected chi connectivity index (χ3v) is 6.54. The quantitative estimate of drug-likeness (QED) is 0.335. The highest BCUT2D eigenvalue weighted by Crippen LogP contribution is 2.42. The van der Waals surface area contributed by atoms with E-state index in [1.165, 1.54) is 12.0 Å². The van der Waals surface area contributed by atoms with Crippen LogP contribution >= 0.6 is 0 Å². The van der Waals surface area contributed by atoms with Crippen LogP contribution in [0.5, 0.6) is 11.5 Å². The van der Waals surface area contributed by atoms with Gasteiger partial charge in [0.2, 0.25) is 5.78 Å². The zero-order valence-electron chi connectivity index (χ0n) is 19.8.